The molecule has 0 saturated carbocycles. The maximum atomic E-state index is 13.3. The van der Waals surface area contributed by atoms with Gasteiger partial charge in [0.25, 0.3) is 5.91 Å². The van der Waals surface area contributed by atoms with Gasteiger partial charge in [0.15, 0.2) is 11.5 Å². The van der Waals surface area contributed by atoms with E-state index in [-0.39, 0.29) is 17.7 Å². The number of carbonyl (C=O) groups excluding carboxylic acids is 1. The molecule has 0 bridgehead atoms. The molecule has 2 aliphatic rings. The van der Waals surface area contributed by atoms with Gasteiger partial charge in [0.2, 0.25) is 0 Å². The van der Waals surface area contributed by atoms with E-state index in [4.69, 9.17) is 9.47 Å². The predicted octanol–water partition coefficient (Wildman–Crippen LogP) is 4.68. The molecule has 5 nitrogen and oxygen atoms in total. The lowest BCUT2D eigenvalue weighted by atomic mass is 10.0. The van der Waals surface area contributed by atoms with Crippen molar-refractivity contribution < 1.29 is 19.4 Å². The van der Waals surface area contributed by atoms with Crippen LogP contribution >= 0.6 is 0 Å². The summed E-state index contributed by atoms with van der Waals surface area (Å²) in [7, 11) is 0. The minimum absolute atomic E-state index is 0.0259. The topological polar surface area (TPSA) is 59.0 Å². The van der Waals surface area contributed by atoms with Crippen LogP contribution in [0.1, 0.15) is 41.2 Å². The fraction of sp³-hybridized carbons (Fsp3) is 0.292. The molecule has 5 rings (SSSR count). The number of nitrogens with zero attached hydrogens (tertiary/aromatic N) is 1. The van der Waals surface area contributed by atoms with Gasteiger partial charge in [0.05, 0.1) is 24.8 Å². The van der Waals surface area contributed by atoms with Crippen LogP contribution in [0.2, 0.25) is 0 Å². The Balaban J connectivity index is 1.47. The monoisotopic (exact) mass is 389 g/mol. The Morgan fingerprint density at radius 1 is 0.931 bits per heavy atom. The zero-order valence-electron chi connectivity index (χ0n) is 16.1. The molecule has 0 aliphatic carbocycles. The summed E-state index contributed by atoms with van der Waals surface area (Å²) in [6.45, 7) is 1.96. The summed E-state index contributed by atoms with van der Waals surface area (Å²) in [6, 6.07) is 17.1. The average Bonchev–Trinajstić information content (AvgIpc) is 3.11. The summed E-state index contributed by atoms with van der Waals surface area (Å²) in [5.74, 6) is 1.39. The molecule has 1 atom stereocenters. The zero-order valence-corrected chi connectivity index (χ0v) is 16.1. The highest BCUT2D eigenvalue weighted by molar-refractivity contribution is 6.01. The maximum Gasteiger partial charge on any atom is 0.258 e. The van der Waals surface area contributed by atoms with Gasteiger partial charge in [-0.3, -0.25) is 4.79 Å². The van der Waals surface area contributed by atoms with Crippen LogP contribution in [0.4, 0.5) is 0 Å². The summed E-state index contributed by atoms with van der Waals surface area (Å²) in [5, 5.41) is 12.4. The van der Waals surface area contributed by atoms with Crippen LogP contribution in [0.3, 0.4) is 0 Å². The van der Waals surface area contributed by atoms with E-state index in [2.05, 4.69) is 0 Å². The van der Waals surface area contributed by atoms with Crippen molar-refractivity contribution in [2.45, 2.75) is 25.3 Å². The third-order valence-electron chi connectivity index (χ3n) is 5.76. The number of likely N-dealkylation sites (tertiary alicyclic amines) is 1. The number of ether oxygens (including phenoxy) is 2. The highest BCUT2D eigenvalue weighted by Gasteiger charge is 2.32. The van der Waals surface area contributed by atoms with Gasteiger partial charge in [-0.05, 0) is 53.4 Å². The molecule has 1 fully saturated rings. The first-order valence-electron chi connectivity index (χ1n) is 10.1. The standard InChI is InChI=1S/C24H23NO4/c26-21-14-17-6-2-1-5-16(17)13-19(21)24(27)25-10-3-7-20(25)18-8-9-22-23(15-18)29-12-4-11-28-22/h1-2,5-6,8-9,13-15,20,26H,3-4,7,10-12H2/t20-/m1/s1. The van der Waals surface area contributed by atoms with E-state index in [1.807, 2.05) is 47.4 Å². The van der Waals surface area contributed by atoms with Gasteiger partial charge in [0, 0.05) is 13.0 Å². The largest absolute Gasteiger partial charge is 0.507 e. The molecule has 0 radical (unpaired) electrons. The summed E-state index contributed by atoms with van der Waals surface area (Å²) >= 11 is 0. The van der Waals surface area contributed by atoms with Crippen LogP contribution < -0.4 is 9.47 Å². The van der Waals surface area contributed by atoms with Crippen LogP contribution in [0.25, 0.3) is 10.8 Å². The van der Waals surface area contributed by atoms with Crippen molar-refractivity contribution in [3.05, 3.63) is 65.7 Å². The second kappa shape index (κ2) is 7.32. The van der Waals surface area contributed by atoms with Crippen LogP contribution in [0.5, 0.6) is 17.2 Å². The Kier molecular flexibility index (Phi) is 4.51. The summed E-state index contributed by atoms with van der Waals surface area (Å²) in [5.41, 5.74) is 1.39. The molecule has 148 valence electrons. The number of amides is 1. The molecule has 0 spiro atoms. The Hall–Kier alpha value is -3.21. The van der Waals surface area contributed by atoms with E-state index in [1.54, 1.807) is 12.1 Å². The molecule has 0 aromatic heterocycles. The number of phenols is 1. The maximum absolute atomic E-state index is 13.3. The van der Waals surface area contributed by atoms with E-state index in [0.717, 1.165) is 47.1 Å². The number of rotatable bonds is 2. The third kappa shape index (κ3) is 3.27. The number of benzene rings is 3. The van der Waals surface area contributed by atoms with Gasteiger partial charge >= 0.3 is 0 Å². The molecule has 29 heavy (non-hydrogen) atoms. The normalized spacial score (nSPS) is 18.6. The number of hydrogen-bond acceptors (Lipinski definition) is 4. The number of aromatic hydroxyl groups is 1. The van der Waals surface area contributed by atoms with Gasteiger partial charge in [0.1, 0.15) is 5.75 Å². The van der Waals surface area contributed by atoms with Crippen molar-refractivity contribution in [2.75, 3.05) is 19.8 Å². The van der Waals surface area contributed by atoms with Crippen LogP contribution in [-0.2, 0) is 0 Å². The molecule has 1 N–H and O–H groups in total. The Morgan fingerprint density at radius 2 is 1.69 bits per heavy atom. The molecule has 3 aromatic rings. The third-order valence-corrected chi connectivity index (χ3v) is 5.76. The van der Waals surface area contributed by atoms with E-state index in [9.17, 15) is 9.90 Å². The van der Waals surface area contributed by atoms with Crippen molar-refractivity contribution in [3.8, 4) is 17.2 Å². The van der Waals surface area contributed by atoms with Gasteiger partial charge < -0.3 is 19.5 Å². The quantitative estimate of drug-likeness (QED) is 0.691. The predicted molar refractivity (Wildman–Crippen MR) is 111 cm³/mol. The van der Waals surface area contributed by atoms with Gasteiger partial charge in [-0.25, -0.2) is 0 Å². The lowest BCUT2D eigenvalue weighted by molar-refractivity contribution is 0.0732. The highest BCUT2D eigenvalue weighted by Crippen LogP contribution is 2.39. The first-order valence-corrected chi connectivity index (χ1v) is 10.1. The lowest BCUT2D eigenvalue weighted by Gasteiger charge is -2.26. The van der Waals surface area contributed by atoms with Crippen molar-refractivity contribution in [1.82, 2.24) is 4.90 Å². The lowest BCUT2D eigenvalue weighted by Crippen LogP contribution is -2.30. The molecule has 1 amide bonds. The first kappa shape index (κ1) is 17.9. The fourth-order valence-electron chi connectivity index (χ4n) is 4.30. The average molecular weight is 389 g/mol. The van der Waals surface area contributed by atoms with Gasteiger partial charge in [-0.15, -0.1) is 0 Å². The van der Waals surface area contributed by atoms with Crippen molar-refractivity contribution >= 4 is 16.7 Å². The van der Waals surface area contributed by atoms with Gasteiger partial charge in [-0.1, -0.05) is 30.3 Å². The zero-order chi connectivity index (χ0) is 19.8. The van der Waals surface area contributed by atoms with Crippen molar-refractivity contribution in [1.29, 1.82) is 0 Å². The van der Waals surface area contributed by atoms with Crippen molar-refractivity contribution in [2.24, 2.45) is 0 Å². The summed E-state index contributed by atoms with van der Waals surface area (Å²) in [6.07, 6.45) is 2.68. The molecular formula is C24H23NO4. The molecule has 0 unspecified atom stereocenters. The van der Waals surface area contributed by atoms with Gasteiger partial charge in [-0.2, -0.15) is 0 Å². The Bertz CT molecular complexity index is 1080. The number of fused-ring (bicyclic) bond motifs is 2. The first-order chi connectivity index (χ1) is 14.2. The van der Waals surface area contributed by atoms with Crippen LogP contribution in [0, 0.1) is 0 Å². The minimum atomic E-state index is -0.136. The number of hydrogen-bond donors (Lipinski definition) is 1. The SMILES string of the molecule is O=C(c1cc2ccccc2cc1O)N1CCC[C@@H]1c1ccc2c(c1)OCCCO2. The second-order valence-corrected chi connectivity index (χ2v) is 7.63. The molecular weight excluding hydrogens is 366 g/mol. The van der Waals surface area contributed by atoms with E-state index >= 15 is 0 Å². The number of phenolic OH excluding ortho intramolecular Hbond substituents is 1. The van der Waals surface area contributed by atoms with Crippen LogP contribution in [-0.4, -0.2) is 35.7 Å². The summed E-state index contributed by atoms with van der Waals surface area (Å²) < 4.78 is 11.6. The molecule has 3 aromatic carbocycles. The molecule has 2 aliphatic heterocycles. The minimum Gasteiger partial charge on any atom is -0.507 e. The fourth-order valence-corrected chi connectivity index (χ4v) is 4.30. The van der Waals surface area contributed by atoms with Crippen molar-refractivity contribution in [3.63, 3.8) is 0 Å². The number of carbonyl (C=O) groups is 1. The smallest absolute Gasteiger partial charge is 0.258 e. The molecule has 5 heteroatoms. The Morgan fingerprint density at radius 3 is 2.52 bits per heavy atom. The van der Waals surface area contributed by atoms with Crippen LogP contribution in [0.15, 0.2) is 54.6 Å². The van der Waals surface area contributed by atoms with E-state index in [1.165, 1.54) is 0 Å². The molecule has 2 heterocycles. The molecule has 1 saturated heterocycles. The second-order valence-electron chi connectivity index (χ2n) is 7.63. The van der Waals surface area contributed by atoms with E-state index in [0.29, 0.717) is 25.3 Å². The highest BCUT2D eigenvalue weighted by atomic mass is 16.5. The Labute approximate surface area is 169 Å². The summed E-state index contributed by atoms with van der Waals surface area (Å²) in [4.78, 5) is 15.2. The van der Waals surface area contributed by atoms with E-state index < -0.39 is 0 Å².